The Bertz CT molecular complexity index is 481. The van der Waals surface area contributed by atoms with Crippen LogP contribution >= 0.6 is 11.3 Å². The van der Waals surface area contributed by atoms with Crippen LogP contribution in [0.5, 0.6) is 0 Å². The summed E-state index contributed by atoms with van der Waals surface area (Å²) in [5.41, 5.74) is 5.41. The molecule has 0 radical (unpaired) electrons. The van der Waals surface area contributed by atoms with Gasteiger partial charge in [-0.25, -0.2) is 13.1 Å². The number of hydrogen-bond donors (Lipinski definition) is 3. The highest BCUT2D eigenvalue weighted by Crippen LogP contribution is 2.20. The van der Waals surface area contributed by atoms with E-state index >= 15 is 0 Å². The molecule has 0 aliphatic rings. The van der Waals surface area contributed by atoms with Crippen LogP contribution < -0.4 is 15.8 Å². The number of hydrogen-bond acceptors (Lipinski definition) is 5. The molecule has 0 spiro atoms. The van der Waals surface area contributed by atoms with Gasteiger partial charge < -0.3 is 11.1 Å². The predicted molar refractivity (Wildman–Crippen MR) is 66.1 cm³/mol. The van der Waals surface area contributed by atoms with Crippen LogP contribution in [0.15, 0.2) is 16.3 Å². The Labute approximate surface area is 104 Å². The maximum absolute atomic E-state index is 11.8. The quantitative estimate of drug-likeness (QED) is 0.617. The molecule has 1 amide bonds. The van der Waals surface area contributed by atoms with Crippen LogP contribution in [0.1, 0.15) is 11.8 Å². The van der Waals surface area contributed by atoms with Gasteiger partial charge in [0.1, 0.15) is 4.21 Å². The van der Waals surface area contributed by atoms with Crippen molar-refractivity contribution in [2.75, 3.05) is 13.1 Å². The Balaban J connectivity index is 2.53. The van der Waals surface area contributed by atoms with Gasteiger partial charge in [-0.15, -0.1) is 11.3 Å². The summed E-state index contributed by atoms with van der Waals surface area (Å²) in [5.74, 6) is -0.189. The van der Waals surface area contributed by atoms with Gasteiger partial charge in [0.2, 0.25) is 15.9 Å². The number of nitrogens with two attached hydrogens (primary N) is 1. The third-order valence-electron chi connectivity index (χ3n) is 1.89. The first-order valence-corrected chi connectivity index (χ1v) is 7.28. The number of sulfonamides is 1. The van der Waals surface area contributed by atoms with Gasteiger partial charge in [0.25, 0.3) is 0 Å². The molecule has 1 rings (SSSR count). The van der Waals surface area contributed by atoms with Crippen molar-refractivity contribution in [1.82, 2.24) is 10.0 Å². The number of thiophene rings is 1. The second kappa shape index (κ2) is 6.10. The molecule has 0 fully saturated rings. The van der Waals surface area contributed by atoms with Crippen molar-refractivity contribution in [3.63, 3.8) is 0 Å². The number of rotatable bonds is 6. The minimum absolute atomic E-state index is 0.164. The van der Waals surface area contributed by atoms with E-state index in [1.54, 1.807) is 6.07 Å². The van der Waals surface area contributed by atoms with E-state index in [4.69, 9.17) is 5.73 Å². The fourth-order valence-electron chi connectivity index (χ4n) is 1.11. The van der Waals surface area contributed by atoms with Crippen LogP contribution in [0, 0.1) is 0 Å². The second-order valence-corrected chi connectivity index (χ2v) is 6.47. The zero-order valence-electron chi connectivity index (χ0n) is 9.39. The SMILES string of the molecule is CC(=O)NCCNS(=O)(=O)c1ccc(CN)s1. The van der Waals surface area contributed by atoms with Crippen molar-refractivity contribution < 1.29 is 13.2 Å². The molecule has 17 heavy (non-hydrogen) atoms. The van der Waals surface area contributed by atoms with Crippen LogP contribution in [-0.2, 0) is 21.4 Å². The first-order valence-electron chi connectivity index (χ1n) is 4.98. The van der Waals surface area contributed by atoms with Crippen LogP contribution in [0.2, 0.25) is 0 Å². The highest BCUT2D eigenvalue weighted by atomic mass is 32.2. The lowest BCUT2D eigenvalue weighted by atomic mass is 10.5. The molecule has 0 bridgehead atoms. The Morgan fingerprint density at radius 2 is 2.12 bits per heavy atom. The second-order valence-electron chi connectivity index (χ2n) is 3.31. The summed E-state index contributed by atoms with van der Waals surface area (Å²) in [6.07, 6.45) is 0. The highest BCUT2D eigenvalue weighted by Gasteiger charge is 2.15. The summed E-state index contributed by atoms with van der Waals surface area (Å²) >= 11 is 1.14. The van der Waals surface area contributed by atoms with Gasteiger partial charge in [0.05, 0.1) is 0 Å². The van der Waals surface area contributed by atoms with Crippen molar-refractivity contribution in [3.05, 3.63) is 17.0 Å². The van der Waals surface area contributed by atoms with Crippen LogP contribution in [0.25, 0.3) is 0 Å². The summed E-state index contributed by atoms with van der Waals surface area (Å²) in [4.78, 5) is 11.4. The molecule has 4 N–H and O–H groups in total. The molecular weight excluding hydrogens is 262 g/mol. The third kappa shape index (κ3) is 4.43. The van der Waals surface area contributed by atoms with E-state index in [-0.39, 0.29) is 23.2 Å². The lowest BCUT2D eigenvalue weighted by Gasteiger charge is -2.04. The lowest BCUT2D eigenvalue weighted by molar-refractivity contribution is -0.118. The predicted octanol–water partition coefficient (Wildman–Crippen LogP) is -0.379. The average molecular weight is 277 g/mol. The molecule has 96 valence electrons. The lowest BCUT2D eigenvalue weighted by Crippen LogP contribution is -2.33. The molecule has 0 atom stereocenters. The fraction of sp³-hybridized carbons (Fsp3) is 0.444. The zero-order chi connectivity index (χ0) is 12.9. The maximum atomic E-state index is 11.8. The molecule has 0 aliphatic heterocycles. The molecule has 1 aromatic heterocycles. The minimum atomic E-state index is -3.49. The first kappa shape index (κ1) is 14.1. The van der Waals surface area contributed by atoms with E-state index < -0.39 is 10.0 Å². The summed E-state index contributed by atoms with van der Waals surface area (Å²) in [6, 6.07) is 3.21. The number of amides is 1. The summed E-state index contributed by atoms with van der Waals surface area (Å²) < 4.78 is 26.1. The molecule has 0 saturated carbocycles. The van der Waals surface area contributed by atoms with Gasteiger partial charge in [0.15, 0.2) is 0 Å². The largest absolute Gasteiger partial charge is 0.355 e. The fourth-order valence-corrected chi connectivity index (χ4v) is 3.42. The monoisotopic (exact) mass is 277 g/mol. The molecule has 0 aliphatic carbocycles. The zero-order valence-corrected chi connectivity index (χ0v) is 11.0. The van der Waals surface area contributed by atoms with Crippen molar-refractivity contribution in [1.29, 1.82) is 0 Å². The standard InChI is InChI=1S/C9H15N3O3S2/c1-7(13)11-4-5-12-17(14,15)9-3-2-8(6-10)16-9/h2-3,12H,4-6,10H2,1H3,(H,11,13). The molecule has 1 heterocycles. The summed E-state index contributed by atoms with van der Waals surface area (Å²) in [7, 11) is -3.49. The van der Waals surface area contributed by atoms with Crippen molar-refractivity contribution in [2.24, 2.45) is 5.73 Å². The summed E-state index contributed by atoms with van der Waals surface area (Å²) in [6.45, 7) is 2.13. The number of carbonyl (C=O) groups excluding carboxylic acids is 1. The molecular formula is C9H15N3O3S2. The van der Waals surface area contributed by atoms with E-state index in [1.165, 1.54) is 13.0 Å². The normalized spacial score (nSPS) is 11.4. The first-order chi connectivity index (χ1) is 7.95. The van der Waals surface area contributed by atoms with E-state index in [1.807, 2.05) is 0 Å². The third-order valence-corrected chi connectivity index (χ3v) is 4.95. The molecule has 6 nitrogen and oxygen atoms in total. The Hall–Kier alpha value is -0.960. The number of carbonyl (C=O) groups is 1. The molecule has 0 saturated heterocycles. The van der Waals surface area contributed by atoms with E-state index in [2.05, 4.69) is 10.0 Å². The van der Waals surface area contributed by atoms with Crippen LogP contribution in [0.3, 0.4) is 0 Å². The van der Waals surface area contributed by atoms with Gasteiger partial charge in [-0.2, -0.15) is 0 Å². The van der Waals surface area contributed by atoms with Gasteiger partial charge in [-0.1, -0.05) is 0 Å². The molecule has 1 aromatic rings. The topological polar surface area (TPSA) is 101 Å². The van der Waals surface area contributed by atoms with Gasteiger partial charge in [0, 0.05) is 31.4 Å². The molecule has 8 heteroatoms. The van der Waals surface area contributed by atoms with Crippen molar-refractivity contribution in [3.8, 4) is 0 Å². The van der Waals surface area contributed by atoms with Crippen molar-refractivity contribution in [2.45, 2.75) is 17.7 Å². The number of nitrogens with one attached hydrogen (secondary N) is 2. The smallest absolute Gasteiger partial charge is 0.250 e. The van der Waals surface area contributed by atoms with Gasteiger partial charge in [-0.05, 0) is 12.1 Å². The minimum Gasteiger partial charge on any atom is -0.355 e. The Morgan fingerprint density at radius 3 is 2.65 bits per heavy atom. The van der Waals surface area contributed by atoms with E-state index in [9.17, 15) is 13.2 Å². The van der Waals surface area contributed by atoms with E-state index in [0.29, 0.717) is 6.54 Å². The maximum Gasteiger partial charge on any atom is 0.250 e. The summed E-state index contributed by atoms with van der Waals surface area (Å²) in [5, 5.41) is 2.50. The highest BCUT2D eigenvalue weighted by molar-refractivity contribution is 7.91. The van der Waals surface area contributed by atoms with E-state index in [0.717, 1.165) is 16.2 Å². The molecule has 0 aromatic carbocycles. The Morgan fingerprint density at radius 1 is 1.41 bits per heavy atom. The average Bonchev–Trinajstić information content (AvgIpc) is 2.73. The molecule has 0 unspecified atom stereocenters. The van der Waals surface area contributed by atoms with Crippen LogP contribution in [0.4, 0.5) is 0 Å². The van der Waals surface area contributed by atoms with Gasteiger partial charge in [-0.3, -0.25) is 4.79 Å². The van der Waals surface area contributed by atoms with Crippen molar-refractivity contribution >= 4 is 27.3 Å². The Kier molecular flexibility index (Phi) is 5.06. The van der Waals surface area contributed by atoms with Crippen LogP contribution in [-0.4, -0.2) is 27.4 Å². The van der Waals surface area contributed by atoms with Gasteiger partial charge >= 0.3 is 0 Å².